The second-order valence-corrected chi connectivity index (χ2v) is 5.73. The van der Waals surface area contributed by atoms with E-state index in [1.54, 1.807) is 18.4 Å². The Hall–Kier alpha value is -0.910. The molecule has 0 bridgehead atoms. The quantitative estimate of drug-likeness (QED) is 0.933. The molecule has 1 aromatic heterocycles. The van der Waals surface area contributed by atoms with E-state index >= 15 is 0 Å². The van der Waals surface area contributed by atoms with Crippen molar-refractivity contribution in [3.8, 4) is 16.3 Å². The van der Waals surface area contributed by atoms with Crippen molar-refractivity contribution in [2.24, 2.45) is 5.73 Å². The zero-order chi connectivity index (χ0) is 13.1. The normalized spacial score (nSPS) is 10.7. The molecule has 0 fully saturated rings. The van der Waals surface area contributed by atoms with Crippen molar-refractivity contribution in [1.82, 2.24) is 4.98 Å². The number of aryl methyl sites for hydroxylation is 1. The van der Waals surface area contributed by atoms with E-state index in [0.29, 0.717) is 6.54 Å². The SMILES string of the molecule is CCc1nc(-c2ccc(OC)c(Br)c2)sc1CN. The van der Waals surface area contributed by atoms with Crippen molar-refractivity contribution < 1.29 is 4.74 Å². The van der Waals surface area contributed by atoms with Crippen molar-refractivity contribution >= 4 is 27.3 Å². The molecule has 0 amide bonds. The molecule has 2 rings (SSSR count). The Balaban J connectivity index is 2.42. The third-order valence-corrected chi connectivity index (χ3v) is 4.49. The predicted octanol–water partition coefficient (Wildman–Crippen LogP) is 3.60. The first-order valence-corrected chi connectivity index (χ1v) is 7.33. The lowest BCUT2D eigenvalue weighted by Gasteiger charge is -2.04. The first kappa shape index (κ1) is 13.5. The third kappa shape index (κ3) is 2.58. The average Bonchev–Trinajstić information content (AvgIpc) is 2.81. The molecule has 0 atom stereocenters. The maximum atomic E-state index is 5.73. The molecule has 3 nitrogen and oxygen atoms in total. The molecule has 0 aliphatic rings. The second kappa shape index (κ2) is 5.82. The minimum absolute atomic E-state index is 0.554. The molecule has 2 N–H and O–H groups in total. The molecule has 96 valence electrons. The molecule has 0 aliphatic heterocycles. The van der Waals surface area contributed by atoms with Gasteiger partial charge in [0.15, 0.2) is 0 Å². The fraction of sp³-hybridized carbons (Fsp3) is 0.308. The van der Waals surface area contributed by atoms with Crippen LogP contribution in [0, 0.1) is 0 Å². The van der Waals surface area contributed by atoms with Crippen LogP contribution in [0.2, 0.25) is 0 Å². The zero-order valence-corrected chi connectivity index (χ0v) is 12.8. The summed E-state index contributed by atoms with van der Waals surface area (Å²) in [6.07, 6.45) is 0.917. The van der Waals surface area contributed by atoms with E-state index in [4.69, 9.17) is 10.5 Å². The molecule has 1 heterocycles. The van der Waals surface area contributed by atoms with Gasteiger partial charge < -0.3 is 10.5 Å². The molecule has 0 spiro atoms. The molecular formula is C13H15BrN2OS. The van der Waals surface area contributed by atoms with Crippen LogP contribution in [0.4, 0.5) is 0 Å². The highest BCUT2D eigenvalue weighted by atomic mass is 79.9. The third-order valence-electron chi connectivity index (χ3n) is 2.70. The molecule has 1 aromatic carbocycles. The number of rotatable bonds is 4. The Morgan fingerprint density at radius 3 is 2.72 bits per heavy atom. The average molecular weight is 327 g/mol. The molecule has 2 aromatic rings. The van der Waals surface area contributed by atoms with Crippen LogP contribution in [-0.4, -0.2) is 12.1 Å². The number of thiazole rings is 1. The lowest BCUT2D eigenvalue weighted by atomic mass is 10.2. The van der Waals surface area contributed by atoms with Gasteiger partial charge in [0.25, 0.3) is 0 Å². The van der Waals surface area contributed by atoms with Gasteiger partial charge in [0, 0.05) is 17.0 Å². The van der Waals surface area contributed by atoms with E-state index in [1.165, 1.54) is 4.88 Å². The van der Waals surface area contributed by atoms with Crippen LogP contribution in [0.25, 0.3) is 10.6 Å². The van der Waals surface area contributed by atoms with Crippen molar-refractivity contribution in [2.75, 3.05) is 7.11 Å². The van der Waals surface area contributed by atoms with E-state index in [0.717, 1.165) is 32.9 Å². The lowest BCUT2D eigenvalue weighted by molar-refractivity contribution is 0.412. The highest BCUT2D eigenvalue weighted by Crippen LogP contribution is 2.33. The number of ether oxygens (including phenoxy) is 1. The van der Waals surface area contributed by atoms with E-state index in [-0.39, 0.29) is 0 Å². The minimum Gasteiger partial charge on any atom is -0.496 e. The first-order valence-electron chi connectivity index (χ1n) is 5.72. The standard InChI is InChI=1S/C13H15BrN2OS/c1-3-10-12(7-15)18-13(16-10)8-4-5-11(17-2)9(14)6-8/h4-6H,3,7,15H2,1-2H3. The summed E-state index contributed by atoms with van der Waals surface area (Å²) in [4.78, 5) is 5.81. The fourth-order valence-corrected chi connectivity index (χ4v) is 3.31. The first-order chi connectivity index (χ1) is 8.69. The van der Waals surface area contributed by atoms with Crippen LogP contribution >= 0.6 is 27.3 Å². The van der Waals surface area contributed by atoms with Gasteiger partial charge in [0.05, 0.1) is 17.3 Å². The summed E-state index contributed by atoms with van der Waals surface area (Å²) in [6.45, 7) is 2.65. The molecule has 18 heavy (non-hydrogen) atoms. The minimum atomic E-state index is 0.554. The van der Waals surface area contributed by atoms with E-state index < -0.39 is 0 Å². The molecule has 0 unspecified atom stereocenters. The highest BCUT2D eigenvalue weighted by molar-refractivity contribution is 9.10. The van der Waals surface area contributed by atoms with Gasteiger partial charge in [-0.2, -0.15) is 0 Å². The summed E-state index contributed by atoms with van der Waals surface area (Å²) in [5, 5.41) is 1.01. The molecule has 5 heteroatoms. The van der Waals surface area contributed by atoms with Crippen molar-refractivity contribution in [2.45, 2.75) is 19.9 Å². The van der Waals surface area contributed by atoms with Crippen molar-refractivity contribution in [3.05, 3.63) is 33.2 Å². The molecule has 0 radical (unpaired) electrons. The van der Waals surface area contributed by atoms with Gasteiger partial charge in [0.1, 0.15) is 10.8 Å². The Labute approximate surface area is 119 Å². The van der Waals surface area contributed by atoms with Crippen molar-refractivity contribution in [3.63, 3.8) is 0 Å². The van der Waals surface area contributed by atoms with Crippen LogP contribution < -0.4 is 10.5 Å². The summed E-state index contributed by atoms with van der Waals surface area (Å²) < 4.78 is 6.16. The summed E-state index contributed by atoms with van der Waals surface area (Å²) in [5.41, 5.74) is 7.92. The Morgan fingerprint density at radius 1 is 1.44 bits per heavy atom. The maximum absolute atomic E-state index is 5.73. The van der Waals surface area contributed by atoms with Gasteiger partial charge in [0.2, 0.25) is 0 Å². The van der Waals surface area contributed by atoms with Gasteiger partial charge in [-0.05, 0) is 40.5 Å². The maximum Gasteiger partial charge on any atom is 0.133 e. The molecule has 0 saturated carbocycles. The van der Waals surface area contributed by atoms with Gasteiger partial charge in [-0.1, -0.05) is 6.92 Å². The van der Waals surface area contributed by atoms with E-state index in [1.807, 2.05) is 18.2 Å². The van der Waals surface area contributed by atoms with Gasteiger partial charge >= 0.3 is 0 Å². The van der Waals surface area contributed by atoms with E-state index in [2.05, 4.69) is 27.8 Å². The van der Waals surface area contributed by atoms with Crippen LogP contribution in [-0.2, 0) is 13.0 Å². The van der Waals surface area contributed by atoms with Crippen LogP contribution in [0.5, 0.6) is 5.75 Å². The number of nitrogens with two attached hydrogens (primary N) is 1. The number of nitrogens with zero attached hydrogens (tertiary/aromatic N) is 1. The summed E-state index contributed by atoms with van der Waals surface area (Å²) in [7, 11) is 1.66. The monoisotopic (exact) mass is 326 g/mol. The smallest absolute Gasteiger partial charge is 0.133 e. The summed E-state index contributed by atoms with van der Waals surface area (Å²) >= 11 is 5.15. The van der Waals surface area contributed by atoms with Crippen LogP contribution in [0.15, 0.2) is 22.7 Å². The van der Waals surface area contributed by atoms with E-state index in [9.17, 15) is 0 Å². The Bertz CT molecular complexity index is 532. The Morgan fingerprint density at radius 2 is 2.22 bits per heavy atom. The predicted molar refractivity (Wildman–Crippen MR) is 79.1 cm³/mol. The summed E-state index contributed by atoms with van der Waals surface area (Å²) in [6, 6.07) is 5.98. The lowest BCUT2D eigenvalue weighted by Crippen LogP contribution is -1.96. The largest absolute Gasteiger partial charge is 0.496 e. The molecular weight excluding hydrogens is 312 g/mol. The number of hydrogen-bond acceptors (Lipinski definition) is 4. The number of methoxy groups -OCH3 is 1. The highest BCUT2D eigenvalue weighted by Gasteiger charge is 2.11. The number of benzene rings is 1. The Kier molecular flexibility index (Phi) is 4.37. The fourth-order valence-electron chi connectivity index (χ4n) is 1.74. The number of halogens is 1. The molecule has 0 saturated heterocycles. The van der Waals surface area contributed by atoms with Gasteiger partial charge in [-0.15, -0.1) is 11.3 Å². The van der Waals surface area contributed by atoms with Gasteiger partial charge in [-0.25, -0.2) is 4.98 Å². The zero-order valence-electron chi connectivity index (χ0n) is 10.4. The van der Waals surface area contributed by atoms with Crippen LogP contribution in [0.1, 0.15) is 17.5 Å². The van der Waals surface area contributed by atoms with Crippen molar-refractivity contribution in [1.29, 1.82) is 0 Å². The topological polar surface area (TPSA) is 48.1 Å². The van der Waals surface area contributed by atoms with Gasteiger partial charge in [-0.3, -0.25) is 0 Å². The number of hydrogen-bond donors (Lipinski definition) is 1. The number of aromatic nitrogens is 1. The molecule has 0 aliphatic carbocycles. The second-order valence-electron chi connectivity index (χ2n) is 3.80. The summed E-state index contributed by atoms with van der Waals surface area (Å²) in [5.74, 6) is 0.824. The van der Waals surface area contributed by atoms with Crippen LogP contribution in [0.3, 0.4) is 0 Å².